The molecule has 0 saturated heterocycles. The standard InChI is InChI=1S/C17H32N4O5S2/c1-5-9(2)13(21-15(23)11(18)8-27)16(24)19-10(3)14(22)20-12(17(25)26)6-7-28-4/h9-13,27H,5-8,18H2,1-4H3,(H,19,24)(H,20,22)(H,21,23)(H,25,26). The van der Waals surface area contributed by atoms with Gasteiger partial charge in [-0.3, -0.25) is 14.4 Å². The first-order valence-electron chi connectivity index (χ1n) is 9.08. The number of carboxylic acid groups (broad SMARTS) is 1. The van der Waals surface area contributed by atoms with Crippen molar-refractivity contribution in [3.05, 3.63) is 0 Å². The molecule has 11 heteroatoms. The smallest absolute Gasteiger partial charge is 0.326 e. The van der Waals surface area contributed by atoms with Crippen molar-refractivity contribution in [1.29, 1.82) is 0 Å². The van der Waals surface area contributed by atoms with Crippen LogP contribution in [0.5, 0.6) is 0 Å². The number of carbonyl (C=O) groups excluding carboxylic acids is 3. The van der Waals surface area contributed by atoms with Crippen molar-refractivity contribution in [2.24, 2.45) is 11.7 Å². The number of carbonyl (C=O) groups is 4. The van der Waals surface area contributed by atoms with Crippen LogP contribution in [0.25, 0.3) is 0 Å². The fourth-order valence-electron chi connectivity index (χ4n) is 2.20. The lowest BCUT2D eigenvalue weighted by Gasteiger charge is -2.26. The highest BCUT2D eigenvalue weighted by atomic mass is 32.2. The molecule has 0 saturated carbocycles. The van der Waals surface area contributed by atoms with E-state index in [-0.39, 0.29) is 18.1 Å². The van der Waals surface area contributed by atoms with Crippen molar-refractivity contribution >= 4 is 48.1 Å². The van der Waals surface area contributed by atoms with Crippen LogP contribution >= 0.6 is 24.4 Å². The van der Waals surface area contributed by atoms with Gasteiger partial charge in [0.05, 0.1) is 6.04 Å². The maximum Gasteiger partial charge on any atom is 0.326 e. The normalized spacial score (nSPS) is 16.2. The van der Waals surface area contributed by atoms with Gasteiger partial charge in [0.25, 0.3) is 0 Å². The average molecular weight is 437 g/mol. The first-order chi connectivity index (χ1) is 13.1. The third kappa shape index (κ3) is 9.16. The van der Waals surface area contributed by atoms with Crippen molar-refractivity contribution in [2.75, 3.05) is 17.8 Å². The Labute approximate surface area is 175 Å². The minimum Gasteiger partial charge on any atom is -0.480 e. The molecule has 0 aliphatic rings. The maximum atomic E-state index is 12.6. The van der Waals surface area contributed by atoms with Crippen LogP contribution in [0.4, 0.5) is 0 Å². The Bertz CT molecular complexity index is 550. The number of aliphatic carboxylic acids is 1. The predicted octanol–water partition coefficient (Wildman–Crippen LogP) is -0.398. The highest BCUT2D eigenvalue weighted by molar-refractivity contribution is 7.98. The van der Waals surface area contributed by atoms with E-state index in [1.165, 1.54) is 18.7 Å². The zero-order valence-electron chi connectivity index (χ0n) is 16.7. The molecule has 162 valence electrons. The number of thioether (sulfide) groups is 1. The second-order valence-corrected chi connectivity index (χ2v) is 7.92. The van der Waals surface area contributed by atoms with Crippen LogP contribution in [-0.2, 0) is 19.2 Å². The molecule has 0 aromatic heterocycles. The van der Waals surface area contributed by atoms with Gasteiger partial charge in [0.15, 0.2) is 0 Å². The molecule has 0 aromatic carbocycles. The van der Waals surface area contributed by atoms with Crippen molar-refractivity contribution in [1.82, 2.24) is 16.0 Å². The van der Waals surface area contributed by atoms with Gasteiger partial charge in [-0.1, -0.05) is 20.3 Å². The van der Waals surface area contributed by atoms with Gasteiger partial charge in [-0.2, -0.15) is 24.4 Å². The minimum atomic E-state index is -1.13. The molecule has 0 aliphatic heterocycles. The molecule has 0 radical (unpaired) electrons. The van der Waals surface area contributed by atoms with Crippen LogP contribution in [-0.4, -0.2) is 70.7 Å². The van der Waals surface area contributed by atoms with Gasteiger partial charge in [0.1, 0.15) is 18.1 Å². The van der Waals surface area contributed by atoms with Crippen LogP contribution in [0, 0.1) is 5.92 Å². The summed E-state index contributed by atoms with van der Waals surface area (Å²) in [4.78, 5) is 48.2. The van der Waals surface area contributed by atoms with Crippen molar-refractivity contribution < 1.29 is 24.3 Å². The molecule has 0 heterocycles. The molecule has 5 unspecified atom stereocenters. The van der Waals surface area contributed by atoms with Crippen LogP contribution in [0.3, 0.4) is 0 Å². The largest absolute Gasteiger partial charge is 0.480 e. The van der Waals surface area contributed by atoms with Crippen molar-refractivity contribution in [3.8, 4) is 0 Å². The van der Waals surface area contributed by atoms with E-state index in [9.17, 15) is 24.3 Å². The lowest BCUT2D eigenvalue weighted by molar-refractivity contribution is -0.142. The molecule has 9 nitrogen and oxygen atoms in total. The Morgan fingerprint density at radius 2 is 1.68 bits per heavy atom. The Kier molecular flexibility index (Phi) is 13.0. The number of amides is 3. The minimum absolute atomic E-state index is 0.131. The number of carboxylic acids is 1. The van der Waals surface area contributed by atoms with E-state index in [1.54, 1.807) is 6.92 Å². The number of thiol groups is 1. The van der Waals surface area contributed by atoms with Crippen LogP contribution in [0.2, 0.25) is 0 Å². The van der Waals surface area contributed by atoms with E-state index in [0.717, 1.165) is 0 Å². The molecule has 5 atom stereocenters. The van der Waals surface area contributed by atoms with E-state index in [4.69, 9.17) is 5.73 Å². The van der Waals surface area contributed by atoms with E-state index in [0.29, 0.717) is 12.2 Å². The molecule has 0 spiro atoms. The fourth-order valence-corrected chi connectivity index (χ4v) is 2.84. The summed E-state index contributed by atoms with van der Waals surface area (Å²) in [5.74, 6) is -2.27. The van der Waals surface area contributed by atoms with Gasteiger partial charge in [0, 0.05) is 5.75 Å². The van der Waals surface area contributed by atoms with E-state index in [2.05, 4.69) is 28.6 Å². The van der Waals surface area contributed by atoms with E-state index < -0.39 is 47.9 Å². The summed E-state index contributed by atoms with van der Waals surface area (Å²) in [7, 11) is 0. The summed E-state index contributed by atoms with van der Waals surface area (Å²) in [5.41, 5.74) is 5.64. The Morgan fingerprint density at radius 3 is 2.14 bits per heavy atom. The fraction of sp³-hybridized carbons (Fsp3) is 0.765. The Morgan fingerprint density at radius 1 is 1.07 bits per heavy atom. The summed E-state index contributed by atoms with van der Waals surface area (Å²) in [6.45, 7) is 5.12. The molecule has 3 amide bonds. The molecule has 6 N–H and O–H groups in total. The zero-order valence-corrected chi connectivity index (χ0v) is 18.4. The molecule has 0 aliphatic carbocycles. The Hall–Kier alpha value is -1.46. The van der Waals surface area contributed by atoms with Gasteiger partial charge in [-0.05, 0) is 31.3 Å². The second-order valence-electron chi connectivity index (χ2n) is 6.57. The lowest BCUT2D eigenvalue weighted by Crippen LogP contribution is -2.58. The molecular formula is C17H32N4O5S2. The highest BCUT2D eigenvalue weighted by Crippen LogP contribution is 2.09. The van der Waals surface area contributed by atoms with Crippen molar-refractivity contribution in [3.63, 3.8) is 0 Å². The third-order valence-corrected chi connectivity index (χ3v) is 5.34. The summed E-state index contributed by atoms with van der Waals surface area (Å²) in [6.07, 6.45) is 2.73. The molecule has 0 aromatic rings. The van der Waals surface area contributed by atoms with Gasteiger partial charge in [0.2, 0.25) is 17.7 Å². The predicted molar refractivity (Wildman–Crippen MR) is 113 cm³/mol. The monoisotopic (exact) mass is 436 g/mol. The molecular weight excluding hydrogens is 404 g/mol. The number of rotatable bonds is 13. The third-order valence-electron chi connectivity index (χ3n) is 4.30. The maximum absolute atomic E-state index is 12.6. The van der Waals surface area contributed by atoms with E-state index in [1.807, 2.05) is 13.2 Å². The SMILES string of the molecule is CCC(C)C(NC(=O)C(N)CS)C(=O)NC(C)C(=O)NC(CCSC)C(=O)O. The number of hydrogen-bond donors (Lipinski definition) is 6. The van der Waals surface area contributed by atoms with Gasteiger partial charge < -0.3 is 26.8 Å². The van der Waals surface area contributed by atoms with Gasteiger partial charge in [-0.15, -0.1) is 0 Å². The molecule has 0 bridgehead atoms. The number of nitrogens with one attached hydrogen (secondary N) is 3. The van der Waals surface area contributed by atoms with Gasteiger partial charge >= 0.3 is 5.97 Å². The van der Waals surface area contributed by atoms with Crippen LogP contribution < -0.4 is 21.7 Å². The van der Waals surface area contributed by atoms with Crippen LogP contribution in [0.15, 0.2) is 0 Å². The average Bonchev–Trinajstić information content (AvgIpc) is 2.66. The van der Waals surface area contributed by atoms with E-state index >= 15 is 0 Å². The van der Waals surface area contributed by atoms with Crippen molar-refractivity contribution in [2.45, 2.75) is 57.8 Å². The topological polar surface area (TPSA) is 151 Å². The Balaban J connectivity index is 5.01. The summed E-state index contributed by atoms with van der Waals surface area (Å²) in [6, 6.07) is -3.72. The van der Waals surface area contributed by atoms with Gasteiger partial charge in [-0.25, -0.2) is 4.79 Å². The molecule has 0 fully saturated rings. The summed E-state index contributed by atoms with van der Waals surface area (Å²) in [5, 5.41) is 16.8. The first-order valence-corrected chi connectivity index (χ1v) is 11.1. The lowest BCUT2D eigenvalue weighted by atomic mass is 9.97. The zero-order chi connectivity index (χ0) is 21.9. The molecule has 28 heavy (non-hydrogen) atoms. The summed E-state index contributed by atoms with van der Waals surface area (Å²) < 4.78 is 0. The highest BCUT2D eigenvalue weighted by Gasteiger charge is 2.30. The first kappa shape index (κ1) is 26.5. The number of hydrogen-bond acceptors (Lipinski definition) is 7. The number of nitrogens with two attached hydrogens (primary N) is 1. The summed E-state index contributed by atoms with van der Waals surface area (Å²) >= 11 is 5.44. The second kappa shape index (κ2) is 13.7. The van der Waals surface area contributed by atoms with Crippen LogP contribution in [0.1, 0.15) is 33.6 Å². The molecule has 0 rings (SSSR count). The quantitative estimate of drug-likeness (QED) is 0.215.